The molecule has 152 valence electrons. The summed E-state index contributed by atoms with van der Waals surface area (Å²) in [7, 11) is 0. The number of pyridine rings is 1. The van der Waals surface area contributed by atoms with E-state index in [9.17, 15) is 0 Å². The molecule has 1 aliphatic carbocycles. The zero-order valence-corrected chi connectivity index (χ0v) is 17.5. The van der Waals surface area contributed by atoms with Crippen molar-refractivity contribution in [2.45, 2.75) is 71.1 Å². The van der Waals surface area contributed by atoms with Gasteiger partial charge in [-0.1, -0.05) is 55.8 Å². The van der Waals surface area contributed by atoms with E-state index in [2.05, 4.69) is 22.4 Å². The maximum Gasteiger partial charge on any atom is 0.161 e. The monoisotopic (exact) mass is 402 g/mol. The number of hydrogen-bond acceptors (Lipinski definition) is 4. The van der Waals surface area contributed by atoms with Gasteiger partial charge in [-0.3, -0.25) is 0 Å². The molecule has 2 aromatic rings. The first-order valence-electron chi connectivity index (χ1n) is 10.5. The van der Waals surface area contributed by atoms with Gasteiger partial charge in [0.15, 0.2) is 11.5 Å². The van der Waals surface area contributed by atoms with E-state index in [0.717, 1.165) is 23.6 Å². The third-order valence-electron chi connectivity index (χ3n) is 5.19. The molecule has 0 bridgehead atoms. The summed E-state index contributed by atoms with van der Waals surface area (Å²) in [5, 5.41) is 4.23. The molecule has 4 nitrogen and oxygen atoms in total. The Morgan fingerprint density at radius 3 is 2.43 bits per heavy atom. The van der Waals surface area contributed by atoms with Crippen LogP contribution >= 0.6 is 11.6 Å². The van der Waals surface area contributed by atoms with Crippen LogP contribution in [-0.2, 0) is 13.2 Å². The van der Waals surface area contributed by atoms with E-state index in [1.54, 1.807) is 12.3 Å². The Labute approximate surface area is 173 Å². The molecule has 0 amide bonds. The molecule has 5 heteroatoms. The van der Waals surface area contributed by atoms with Crippen molar-refractivity contribution in [3.8, 4) is 11.5 Å². The smallest absolute Gasteiger partial charge is 0.161 e. The fraction of sp³-hybridized carbons (Fsp3) is 0.522. The summed E-state index contributed by atoms with van der Waals surface area (Å²) in [6.45, 7) is 3.90. The predicted molar refractivity (Wildman–Crippen MR) is 114 cm³/mol. The van der Waals surface area contributed by atoms with Crippen LogP contribution in [0, 0.1) is 0 Å². The summed E-state index contributed by atoms with van der Waals surface area (Å²) in [6.07, 6.45) is 11.1. The average Bonchev–Trinajstić information content (AvgIpc) is 2.68. The Hall–Kier alpha value is -1.78. The third-order valence-corrected chi connectivity index (χ3v) is 5.41. The van der Waals surface area contributed by atoms with Gasteiger partial charge in [-0.15, -0.1) is 0 Å². The largest absolute Gasteiger partial charge is 0.490 e. The first-order valence-corrected chi connectivity index (χ1v) is 10.8. The molecule has 1 heterocycles. The van der Waals surface area contributed by atoms with E-state index in [1.165, 1.54) is 50.5 Å². The molecule has 1 aliphatic rings. The number of halogens is 1. The highest BCUT2D eigenvalue weighted by Gasteiger charge is 2.12. The van der Waals surface area contributed by atoms with Gasteiger partial charge in [0.2, 0.25) is 0 Å². The number of nitrogens with one attached hydrogen (secondary N) is 1. The van der Waals surface area contributed by atoms with Gasteiger partial charge in [-0.25, -0.2) is 4.98 Å². The molecule has 0 unspecified atom stereocenters. The molecule has 0 saturated heterocycles. The zero-order chi connectivity index (χ0) is 19.6. The summed E-state index contributed by atoms with van der Waals surface area (Å²) in [6, 6.07) is 10.5. The maximum absolute atomic E-state index is 5.97. The molecule has 1 fully saturated rings. The normalized spacial score (nSPS) is 15.6. The molecular formula is C23H31ClN2O2. The molecule has 0 radical (unpaired) electrons. The van der Waals surface area contributed by atoms with Gasteiger partial charge < -0.3 is 14.8 Å². The first-order chi connectivity index (χ1) is 13.7. The molecule has 1 saturated carbocycles. The van der Waals surface area contributed by atoms with Crippen LogP contribution in [0.25, 0.3) is 0 Å². The fourth-order valence-electron chi connectivity index (χ4n) is 3.63. The minimum absolute atomic E-state index is 0.434. The van der Waals surface area contributed by atoms with Crippen molar-refractivity contribution < 1.29 is 9.47 Å². The molecular weight excluding hydrogens is 372 g/mol. The molecule has 1 N–H and O–H groups in total. The van der Waals surface area contributed by atoms with Gasteiger partial charge in [-0.2, -0.15) is 0 Å². The van der Waals surface area contributed by atoms with Crippen LogP contribution in [0.5, 0.6) is 11.5 Å². The summed E-state index contributed by atoms with van der Waals surface area (Å²) >= 11 is 5.84. The predicted octanol–water partition coefficient (Wildman–Crippen LogP) is 5.92. The molecule has 1 aromatic heterocycles. The Morgan fingerprint density at radius 2 is 1.71 bits per heavy atom. The summed E-state index contributed by atoms with van der Waals surface area (Å²) in [4.78, 5) is 4.09. The Balaban J connectivity index is 1.58. The Morgan fingerprint density at radius 1 is 0.964 bits per heavy atom. The van der Waals surface area contributed by atoms with E-state index in [-0.39, 0.29) is 0 Å². The van der Waals surface area contributed by atoms with Crippen LogP contribution in [0.15, 0.2) is 36.5 Å². The number of aromatic nitrogens is 1. The van der Waals surface area contributed by atoms with Crippen molar-refractivity contribution in [3.63, 3.8) is 0 Å². The summed E-state index contributed by atoms with van der Waals surface area (Å²) < 4.78 is 11.8. The lowest BCUT2D eigenvalue weighted by atomic mass is 9.96. The molecule has 28 heavy (non-hydrogen) atoms. The van der Waals surface area contributed by atoms with Crippen molar-refractivity contribution >= 4 is 11.6 Å². The Bertz CT molecular complexity index is 713. The van der Waals surface area contributed by atoms with E-state index in [0.29, 0.717) is 24.4 Å². The van der Waals surface area contributed by atoms with Gasteiger partial charge in [0, 0.05) is 24.3 Å². The SMILES string of the molecule is CCOc1cc(CNC2CCCCCCC2)ccc1OCc1ccc(Cl)nc1. The second kappa shape index (κ2) is 11.3. The lowest BCUT2D eigenvalue weighted by Crippen LogP contribution is -2.29. The lowest BCUT2D eigenvalue weighted by molar-refractivity contribution is 0.268. The third kappa shape index (κ3) is 6.68. The topological polar surface area (TPSA) is 43.4 Å². The zero-order valence-electron chi connectivity index (χ0n) is 16.8. The van der Waals surface area contributed by atoms with Crippen LogP contribution < -0.4 is 14.8 Å². The van der Waals surface area contributed by atoms with Crippen LogP contribution in [0.2, 0.25) is 5.15 Å². The van der Waals surface area contributed by atoms with Crippen LogP contribution in [0.3, 0.4) is 0 Å². The van der Waals surface area contributed by atoms with Gasteiger partial charge in [0.25, 0.3) is 0 Å². The number of rotatable bonds is 8. The van der Waals surface area contributed by atoms with Crippen molar-refractivity contribution in [1.29, 1.82) is 0 Å². The van der Waals surface area contributed by atoms with Crippen molar-refractivity contribution in [2.24, 2.45) is 0 Å². The minimum atomic E-state index is 0.434. The van der Waals surface area contributed by atoms with Gasteiger partial charge in [0.1, 0.15) is 11.8 Å². The molecule has 1 aromatic carbocycles. The molecule has 0 spiro atoms. The first kappa shape index (κ1) is 20.9. The number of ether oxygens (including phenoxy) is 2. The van der Waals surface area contributed by atoms with Crippen LogP contribution in [0.1, 0.15) is 63.0 Å². The fourth-order valence-corrected chi connectivity index (χ4v) is 3.74. The van der Waals surface area contributed by atoms with Crippen molar-refractivity contribution in [1.82, 2.24) is 10.3 Å². The highest BCUT2D eigenvalue weighted by Crippen LogP contribution is 2.29. The second-order valence-electron chi connectivity index (χ2n) is 7.41. The standard InChI is InChI=1S/C23H31ClN2O2/c1-2-27-22-14-18(15-25-20-8-6-4-3-5-7-9-20)10-12-21(22)28-17-19-11-13-23(24)26-16-19/h10-14,16,20,25H,2-9,15,17H2,1H3. The molecule has 3 rings (SSSR count). The molecule has 0 atom stereocenters. The number of benzene rings is 1. The number of hydrogen-bond donors (Lipinski definition) is 1. The number of nitrogens with zero attached hydrogens (tertiary/aromatic N) is 1. The highest BCUT2D eigenvalue weighted by atomic mass is 35.5. The van der Waals surface area contributed by atoms with Gasteiger partial charge in [0.05, 0.1) is 6.61 Å². The van der Waals surface area contributed by atoms with E-state index < -0.39 is 0 Å². The summed E-state index contributed by atoms with van der Waals surface area (Å²) in [5.74, 6) is 1.55. The van der Waals surface area contributed by atoms with Crippen LogP contribution in [-0.4, -0.2) is 17.6 Å². The second-order valence-corrected chi connectivity index (χ2v) is 7.80. The van der Waals surface area contributed by atoms with Gasteiger partial charge in [-0.05, 0) is 43.5 Å². The minimum Gasteiger partial charge on any atom is -0.490 e. The van der Waals surface area contributed by atoms with Crippen molar-refractivity contribution in [2.75, 3.05) is 6.61 Å². The van der Waals surface area contributed by atoms with Crippen molar-refractivity contribution in [3.05, 3.63) is 52.8 Å². The average molecular weight is 403 g/mol. The van der Waals surface area contributed by atoms with E-state index in [4.69, 9.17) is 21.1 Å². The van der Waals surface area contributed by atoms with E-state index in [1.807, 2.05) is 19.1 Å². The quantitative estimate of drug-likeness (QED) is 0.557. The van der Waals surface area contributed by atoms with Gasteiger partial charge >= 0.3 is 0 Å². The Kier molecular flexibility index (Phi) is 8.43. The van der Waals surface area contributed by atoms with Crippen LogP contribution in [0.4, 0.5) is 0 Å². The lowest BCUT2D eigenvalue weighted by Gasteiger charge is -2.21. The highest BCUT2D eigenvalue weighted by molar-refractivity contribution is 6.29. The maximum atomic E-state index is 5.97. The molecule has 0 aliphatic heterocycles. The van der Waals surface area contributed by atoms with E-state index >= 15 is 0 Å². The summed E-state index contributed by atoms with van der Waals surface area (Å²) in [5.41, 5.74) is 2.20.